The van der Waals surface area contributed by atoms with Gasteiger partial charge in [0.05, 0.1) is 12.5 Å². The highest BCUT2D eigenvalue weighted by Gasteiger charge is 2.48. The summed E-state index contributed by atoms with van der Waals surface area (Å²) in [7, 11) is 0. The van der Waals surface area contributed by atoms with Crippen molar-refractivity contribution in [2.45, 2.75) is 64.7 Å². The molecule has 0 aromatic carbocycles. The molecular formula is C19H26F3N3O. The lowest BCUT2D eigenvalue weighted by atomic mass is 9.54. The molecule has 4 aliphatic carbocycles. The maximum Gasteiger partial charge on any atom is 0.435 e. The summed E-state index contributed by atoms with van der Waals surface area (Å²) in [6.07, 6.45) is 1.80. The lowest BCUT2D eigenvalue weighted by Gasteiger charge is -2.54. The van der Waals surface area contributed by atoms with Crippen molar-refractivity contribution < 1.29 is 18.0 Å². The Morgan fingerprint density at radius 1 is 1.23 bits per heavy atom. The van der Waals surface area contributed by atoms with E-state index >= 15 is 0 Å². The number of hydrogen-bond donors (Lipinski definition) is 1. The van der Waals surface area contributed by atoms with Gasteiger partial charge in [-0.25, -0.2) is 0 Å². The Morgan fingerprint density at radius 2 is 1.81 bits per heavy atom. The number of aryl methyl sites for hydroxylation is 1. The van der Waals surface area contributed by atoms with Crippen molar-refractivity contribution >= 4 is 5.91 Å². The largest absolute Gasteiger partial charge is 0.435 e. The predicted molar refractivity (Wildman–Crippen MR) is 90.1 cm³/mol. The third-order valence-electron chi connectivity index (χ3n) is 6.70. The molecule has 0 radical (unpaired) electrons. The van der Waals surface area contributed by atoms with Crippen molar-refractivity contribution in [3.8, 4) is 0 Å². The van der Waals surface area contributed by atoms with Crippen molar-refractivity contribution in [1.29, 1.82) is 0 Å². The molecule has 1 N–H and O–H groups in total. The molecule has 26 heavy (non-hydrogen) atoms. The maximum absolute atomic E-state index is 12.8. The molecule has 4 nitrogen and oxygen atoms in total. The van der Waals surface area contributed by atoms with Crippen molar-refractivity contribution in [3.63, 3.8) is 0 Å². The van der Waals surface area contributed by atoms with Gasteiger partial charge in [-0.15, -0.1) is 0 Å². The maximum atomic E-state index is 12.8. The average Bonchev–Trinajstić information content (AvgIpc) is 2.91. The number of hydrogen-bond acceptors (Lipinski definition) is 2. The summed E-state index contributed by atoms with van der Waals surface area (Å²) in [6, 6.07) is 1.28. The summed E-state index contributed by atoms with van der Waals surface area (Å²) in [5.74, 6) is 2.39. The molecule has 4 bridgehead atoms. The predicted octanol–water partition coefficient (Wildman–Crippen LogP) is 3.79. The number of rotatable bonds is 4. The monoisotopic (exact) mass is 369 g/mol. The summed E-state index contributed by atoms with van der Waals surface area (Å²) in [5, 5.41) is 6.87. The van der Waals surface area contributed by atoms with E-state index in [-0.39, 0.29) is 18.5 Å². The molecule has 1 atom stereocenters. The zero-order valence-electron chi connectivity index (χ0n) is 15.2. The molecule has 4 fully saturated rings. The van der Waals surface area contributed by atoms with Crippen LogP contribution in [0.5, 0.6) is 0 Å². The number of halogens is 3. The zero-order valence-corrected chi connectivity index (χ0v) is 15.2. The molecule has 0 aliphatic heterocycles. The lowest BCUT2D eigenvalue weighted by Crippen LogP contribution is -2.56. The van der Waals surface area contributed by atoms with Gasteiger partial charge in [0, 0.05) is 11.7 Å². The number of aromatic nitrogens is 2. The number of amides is 1. The van der Waals surface area contributed by atoms with Crippen LogP contribution in [0, 0.1) is 36.5 Å². The van der Waals surface area contributed by atoms with Crippen LogP contribution in [0.3, 0.4) is 0 Å². The van der Waals surface area contributed by atoms with E-state index in [0.29, 0.717) is 17.5 Å². The Morgan fingerprint density at radius 3 is 2.31 bits per heavy atom. The summed E-state index contributed by atoms with van der Waals surface area (Å²) < 4.78 is 39.7. The van der Waals surface area contributed by atoms with E-state index < -0.39 is 17.8 Å². The first-order chi connectivity index (χ1) is 12.2. The summed E-state index contributed by atoms with van der Waals surface area (Å²) in [6.45, 7) is 3.52. The third-order valence-corrected chi connectivity index (χ3v) is 6.70. The minimum Gasteiger partial charge on any atom is -0.353 e. The van der Waals surface area contributed by atoms with Crippen LogP contribution in [0.15, 0.2) is 6.07 Å². The number of alkyl halides is 3. The fraction of sp³-hybridized carbons (Fsp3) is 0.789. The standard InChI is InChI=1S/C19H26F3N3O/c1-10(9-25-11(2)3-16(24-25)19(20,21)22)18(26)23-17-14-5-12-4-13(7-14)8-15(17)6-12/h3,10,12-15,17H,4-9H2,1-2H3,(H,23,26)/t10-,12?,13?,14?,15?,17?/m0/s1. The Hall–Kier alpha value is -1.53. The molecule has 144 valence electrons. The van der Waals surface area contributed by atoms with Crippen LogP contribution in [-0.2, 0) is 17.5 Å². The number of carbonyl (C=O) groups excluding carboxylic acids is 1. The Balaban J connectivity index is 1.39. The highest BCUT2D eigenvalue weighted by atomic mass is 19.4. The summed E-state index contributed by atoms with van der Waals surface area (Å²) in [5.41, 5.74) is -0.477. The molecule has 4 saturated carbocycles. The molecule has 0 spiro atoms. The highest BCUT2D eigenvalue weighted by Crippen LogP contribution is 2.53. The normalized spacial score (nSPS) is 34.1. The first-order valence-electron chi connectivity index (χ1n) is 9.62. The van der Waals surface area contributed by atoms with Crippen molar-refractivity contribution in [2.24, 2.45) is 29.6 Å². The SMILES string of the molecule is Cc1cc(C(F)(F)F)nn1C[C@H](C)C(=O)NC1C2CC3CC(C2)CC1C3. The summed E-state index contributed by atoms with van der Waals surface area (Å²) in [4.78, 5) is 12.7. The minimum absolute atomic E-state index is 0.0640. The van der Waals surface area contributed by atoms with E-state index in [4.69, 9.17) is 0 Å². The zero-order chi connectivity index (χ0) is 18.6. The molecule has 7 heteroatoms. The van der Waals surface area contributed by atoms with Crippen LogP contribution in [-0.4, -0.2) is 21.7 Å². The molecule has 1 heterocycles. The van der Waals surface area contributed by atoms with Crippen molar-refractivity contribution in [1.82, 2.24) is 15.1 Å². The fourth-order valence-electron chi connectivity index (χ4n) is 5.64. The number of nitrogens with one attached hydrogen (secondary N) is 1. The van der Waals surface area contributed by atoms with E-state index in [9.17, 15) is 18.0 Å². The van der Waals surface area contributed by atoms with Gasteiger partial charge in [0.2, 0.25) is 5.91 Å². The second-order valence-corrected chi connectivity index (χ2v) is 8.72. The van der Waals surface area contributed by atoms with Gasteiger partial charge in [0.15, 0.2) is 5.69 Å². The molecule has 0 unspecified atom stereocenters. The van der Waals surface area contributed by atoms with Gasteiger partial charge < -0.3 is 5.32 Å². The molecule has 1 aromatic heterocycles. The quantitative estimate of drug-likeness (QED) is 0.878. The third kappa shape index (κ3) is 3.25. The minimum atomic E-state index is -4.46. The Kier molecular flexibility index (Phi) is 4.31. The van der Waals surface area contributed by atoms with Gasteiger partial charge in [-0.1, -0.05) is 6.92 Å². The van der Waals surface area contributed by atoms with Crippen LogP contribution in [0.2, 0.25) is 0 Å². The lowest BCUT2D eigenvalue weighted by molar-refractivity contribution is -0.141. The van der Waals surface area contributed by atoms with E-state index in [2.05, 4.69) is 10.4 Å². The van der Waals surface area contributed by atoms with Gasteiger partial charge in [0.25, 0.3) is 0 Å². The topological polar surface area (TPSA) is 46.9 Å². The fourth-order valence-corrected chi connectivity index (χ4v) is 5.64. The smallest absolute Gasteiger partial charge is 0.353 e. The average molecular weight is 369 g/mol. The van der Waals surface area contributed by atoms with Crippen LogP contribution in [0.1, 0.15) is 50.4 Å². The molecule has 1 aromatic rings. The molecule has 5 rings (SSSR count). The van der Waals surface area contributed by atoms with Gasteiger partial charge in [-0.05, 0) is 68.8 Å². The highest BCUT2D eigenvalue weighted by molar-refractivity contribution is 5.78. The Bertz CT molecular complexity index is 669. The molecule has 4 aliphatic rings. The van der Waals surface area contributed by atoms with Crippen LogP contribution >= 0.6 is 0 Å². The number of carbonyl (C=O) groups is 1. The first-order valence-corrected chi connectivity index (χ1v) is 9.62. The van der Waals surface area contributed by atoms with E-state index in [1.807, 2.05) is 0 Å². The second kappa shape index (κ2) is 6.27. The van der Waals surface area contributed by atoms with E-state index in [1.54, 1.807) is 13.8 Å². The molecule has 0 saturated heterocycles. The van der Waals surface area contributed by atoms with E-state index in [1.165, 1.54) is 36.8 Å². The van der Waals surface area contributed by atoms with E-state index in [0.717, 1.165) is 17.9 Å². The van der Waals surface area contributed by atoms with Gasteiger partial charge in [-0.2, -0.15) is 18.3 Å². The molecule has 1 amide bonds. The first kappa shape index (κ1) is 17.9. The second-order valence-electron chi connectivity index (χ2n) is 8.72. The molecular weight excluding hydrogens is 343 g/mol. The van der Waals surface area contributed by atoms with Crippen LogP contribution in [0.25, 0.3) is 0 Å². The van der Waals surface area contributed by atoms with Gasteiger partial charge in [-0.3, -0.25) is 9.48 Å². The van der Waals surface area contributed by atoms with Crippen LogP contribution < -0.4 is 5.32 Å². The van der Waals surface area contributed by atoms with Gasteiger partial charge >= 0.3 is 6.18 Å². The van der Waals surface area contributed by atoms with Crippen molar-refractivity contribution in [3.05, 3.63) is 17.5 Å². The van der Waals surface area contributed by atoms with Crippen LogP contribution in [0.4, 0.5) is 13.2 Å². The Labute approximate surface area is 151 Å². The van der Waals surface area contributed by atoms with Gasteiger partial charge in [0.1, 0.15) is 0 Å². The number of nitrogens with zero attached hydrogens (tertiary/aromatic N) is 2. The summed E-state index contributed by atoms with van der Waals surface area (Å²) >= 11 is 0. The van der Waals surface area contributed by atoms with Crippen molar-refractivity contribution in [2.75, 3.05) is 0 Å².